The fourth-order valence-corrected chi connectivity index (χ4v) is 4.52. The van der Waals surface area contributed by atoms with Gasteiger partial charge < -0.3 is 10.2 Å². The van der Waals surface area contributed by atoms with Gasteiger partial charge in [-0.15, -0.1) is 0 Å². The molecule has 1 fully saturated rings. The molecular weight excluding hydrogens is 442 g/mol. The quantitative estimate of drug-likeness (QED) is 0.577. The molecule has 2 N–H and O–H groups in total. The Morgan fingerprint density at radius 3 is 2.55 bits per heavy atom. The first-order valence-electron chi connectivity index (χ1n) is 10.3. The number of hydrogen-bond donors (Lipinski definition) is 2. The predicted molar refractivity (Wildman–Crippen MR) is 124 cm³/mol. The number of nitrogens with one attached hydrogen (secondary N) is 2. The molecule has 1 aromatic heterocycles. The number of hydrogen-bond acceptors (Lipinski definition) is 6. The number of amides is 2. The van der Waals surface area contributed by atoms with Gasteiger partial charge in [0.15, 0.2) is 0 Å². The van der Waals surface area contributed by atoms with Crippen LogP contribution >= 0.6 is 0 Å². The lowest BCUT2D eigenvalue weighted by Crippen LogP contribution is -2.28. The van der Waals surface area contributed by atoms with Crippen LogP contribution in [-0.2, 0) is 19.6 Å². The van der Waals surface area contributed by atoms with E-state index in [9.17, 15) is 18.0 Å². The Balaban J connectivity index is 1.40. The Labute approximate surface area is 191 Å². The molecule has 0 saturated carbocycles. The second kappa shape index (κ2) is 8.99. The molecule has 1 aliphatic heterocycles. The Bertz CT molecular complexity index is 1310. The van der Waals surface area contributed by atoms with Gasteiger partial charge in [-0.25, -0.2) is 23.1 Å². The van der Waals surface area contributed by atoms with Crippen molar-refractivity contribution in [1.82, 2.24) is 9.97 Å². The lowest BCUT2D eigenvalue weighted by Gasteiger charge is -2.17. The Morgan fingerprint density at radius 2 is 1.85 bits per heavy atom. The van der Waals surface area contributed by atoms with E-state index < -0.39 is 15.9 Å². The van der Waals surface area contributed by atoms with Gasteiger partial charge in [0, 0.05) is 36.2 Å². The summed E-state index contributed by atoms with van der Waals surface area (Å²) in [6.45, 7) is 3.97. The third kappa shape index (κ3) is 5.17. The lowest BCUT2D eigenvalue weighted by molar-refractivity contribution is -0.122. The van der Waals surface area contributed by atoms with Crippen molar-refractivity contribution in [3.05, 3.63) is 72.1 Å². The van der Waals surface area contributed by atoms with Gasteiger partial charge in [-0.3, -0.25) is 9.59 Å². The van der Waals surface area contributed by atoms with Crippen molar-refractivity contribution in [3.8, 4) is 0 Å². The van der Waals surface area contributed by atoms with Crippen LogP contribution in [0.2, 0.25) is 0 Å². The second-order valence-corrected chi connectivity index (χ2v) is 9.57. The average Bonchev–Trinajstić information content (AvgIpc) is 3.16. The van der Waals surface area contributed by atoms with Gasteiger partial charge in [-0.05, 0) is 61.9 Å². The summed E-state index contributed by atoms with van der Waals surface area (Å²) in [6.07, 6.45) is 1.58. The smallest absolute Gasteiger partial charge is 0.264 e. The van der Waals surface area contributed by atoms with E-state index in [1.165, 1.54) is 30.5 Å². The van der Waals surface area contributed by atoms with E-state index in [0.29, 0.717) is 17.9 Å². The number of sulfonamides is 1. The van der Waals surface area contributed by atoms with Crippen LogP contribution in [0.5, 0.6) is 0 Å². The van der Waals surface area contributed by atoms with Crippen molar-refractivity contribution in [2.45, 2.75) is 25.2 Å². The zero-order valence-electron chi connectivity index (χ0n) is 18.1. The SMILES string of the molecule is Cc1cccc(N2CC(C(=O)Nc3ccc(S(=O)(=O)Nc4nccc(C)n4)cc3)CC2=O)c1. The molecule has 9 nitrogen and oxygen atoms in total. The number of benzene rings is 2. The van der Waals surface area contributed by atoms with Crippen LogP contribution in [0, 0.1) is 19.8 Å². The highest BCUT2D eigenvalue weighted by Gasteiger charge is 2.35. The van der Waals surface area contributed by atoms with E-state index in [1.54, 1.807) is 17.9 Å². The summed E-state index contributed by atoms with van der Waals surface area (Å²) in [5.74, 6) is -0.912. The first-order valence-corrected chi connectivity index (χ1v) is 11.8. The van der Waals surface area contributed by atoms with Crippen LogP contribution in [-0.4, -0.2) is 36.7 Å². The van der Waals surface area contributed by atoms with Crippen LogP contribution < -0.4 is 14.9 Å². The summed E-state index contributed by atoms with van der Waals surface area (Å²) in [4.78, 5) is 34.7. The number of carbonyl (C=O) groups excluding carboxylic acids is 2. The first kappa shape index (κ1) is 22.4. The molecule has 2 aromatic carbocycles. The standard InChI is InChI=1S/C23H23N5O4S/c1-15-4-3-5-19(12-15)28-14-17(13-21(28)29)22(30)26-18-6-8-20(9-7-18)33(31,32)27-23-24-11-10-16(2)25-23/h3-12,17H,13-14H2,1-2H3,(H,26,30)(H,24,25,27). The van der Waals surface area contributed by atoms with Crippen molar-refractivity contribution in [2.75, 3.05) is 21.5 Å². The van der Waals surface area contributed by atoms with Crippen molar-refractivity contribution >= 4 is 39.2 Å². The molecule has 1 saturated heterocycles. The van der Waals surface area contributed by atoms with Gasteiger partial charge in [0.1, 0.15) is 0 Å². The second-order valence-electron chi connectivity index (χ2n) is 7.89. The molecule has 33 heavy (non-hydrogen) atoms. The zero-order chi connectivity index (χ0) is 23.6. The monoisotopic (exact) mass is 465 g/mol. The highest BCUT2D eigenvalue weighted by molar-refractivity contribution is 7.92. The Kier molecular flexibility index (Phi) is 6.10. The number of nitrogens with zero attached hydrogens (tertiary/aromatic N) is 3. The molecule has 170 valence electrons. The minimum Gasteiger partial charge on any atom is -0.326 e. The van der Waals surface area contributed by atoms with Crippen LogP contribution in [0.1, 0.15) is 17.7 Å². The molecule has 1 aliphatic rings. The van der Waals surface area contributed by atoms with Crippen LogP contribution in [0.4, 0.5) is 17.3 Å². The summed E-state index contributed by atoms with van der Waals surface area (Å²) < 4.78 is 27.5. The van der Waals surface area contributed by atoms with E-state index in [0.717, 1.165) is 11.3 Å². The molecule has 2 heterocycles. The summed E-state index contributed by atoms with van der Waals surface area (Å²) in [5.41, 5.74) is 2.88. The molecule has 0 radical (unpaired) electrons. The van der Waals surface area contributed by atoms with Crippen LogP contribution in [0.25, 0.3) is 0 Å². The molecule has 1 atom stereocenters. The summed E-state index contributed by atoms with van der Waals surface area (Å²) in [7, 11) is -3.88. The fraction of sp³-hybridized carbons (Fsp3) is 0.217. The topological polar surface area (TPSA) is 121 Å². The minimum atomic E-state index is -3.88. The number of anilines is 3. The maximum Gasteiger partial charge on any atom is 0.264 e. The largest absolute Gasteiger partial charge is 0.326 e. The summed E-state index contributed by atoms with van der Waals surface area (Å²) in [6, 6.07) is 15.0. The molecule has 0 aliphatic carbocycles. The number of aryl methyl sites for hydroxylation is 2. The maximum absolute atomic E-state index is 12.7. The van der Waals surface area contributed by atoms with E-state index >= 15 is 0 Å². The van der Waals surface area contributed by atoms with E-state index in [2.05, 4.69) is 20.0 Å². The third-order valence-corrected chi connectivity index (χ3v) is 6.61. The van der Waals surface area contributed by atoms with Crippen LogP contribution in [0.3, 0.4) is 0 Å². The lowest BCUT2D eigenvalue weighted by atomic mass is 10.1. The summed E-state index contributed by atoms with van der Waals surface area (Å²) >= 11 is 0. The fourth-order valence-electron chi connectivity index (χ4n) is 3.57. The van der Waals surface area contributed by atoms with Gasteiger partial charge in [0.05, 0.1) is 10.8 Å². The minimum absolute atomic E-state index is 0.00673. The summed E-state index contributed by atoms with van der Waals surface area (Å²) in [5, 5.41) is 2.77. The highest BCUT2D eigenvalue weighted by Crippen LogP contribution is 2.27. The normalized spacial score (nSPS) is 16.0. The van der Waals surface area contributed by atoms with Crippen molar-refractivity contribution in [2.24, 2.45) is 5.92 Å². The number of rotatable bonds is 6. The first-order chi connectivity index (χ1) is 15.7. The maximum atomic E-state index is 12.7. The van der Waals surface area contributed by atoms with Crippen molar-refractivity contribution in [1.29, 1.82) is 0 Å². The Morgan fingerprint density at radius 1 is 1.09 bits per heavy atom. The van der Waals surface area contributed by atoms with E-state index in [4.69, 9.17) is 0 Å². The van der Waals surface area contributed by atoms with Gasteiger partial charge in [-0.1, -0.05) is 12.1 Å². The molecule has 2 amide bonds. The molecule has 1 unspecified atom stereocenters. The molecule has 10 heteroatoms. The van der Waals surface area contributed by atoms with Gasteiger partial charge >= 0.3 is 0 Å². The van der Waals surface area contributed by atoms with Gasteiger partial charge in [0.2, 0.25) is 17.8 Å². The van der Waals surface area contributed by atoms with Crippen molar-refractivity contribution < 1.29 is 18.0 Å². The molecule has 4 rings (SSSR count). The third-order valence-electron chi connectivity index (χ3n) is 5.26. The molecule has 0 bridgehead atoms. The molecule has 0 spiro atoms. The zero-order valence-corrected chi connectivity index (χ0v) is 19.0. The van der Waals surface area contributed by atoms with E-state index in [1.807, 2.05) is 31.2 Å². The van der Waals surface area contributed by atoms with Crippen molar-refractivity contribution in [3.63, 3.8) is 0 Å². The molecule has 3 aromatic rings. The average molecular weight is 466 g/mol. The van der Waals surface area contributed by atoms with Gasteiger partial charge in [0.25, 0.3) is 10.0 Å². The van der Waals surface area contributed by atoms with Gasteiger partial charge in [-0.2, -0.15) is 0 Å². The van der Waals surface area contributed by atoms with Crippen LogP contribution in [0.15, 0.2) is 65.7 Å². The predicted octanol–water partition coefficient (Wildman–Crippen LogP) is 2.89. The molecular formula is C23H23N5O4S. The van der Waals surface area contributed by atoms with E-state index in [-0.39, 0.29) is 29.1 Å². The number of carbonyl (C=O) groups is 2. The highest BCUT2D eigenvalue weighted by atomic mass is 32.2. The number of aromatic nitrogens is 2. The Hall–Kier alpha value is -3.79.